The molecule has 5 nitrogen and oxygen atoms in total. The summed E-state index contributed by atoms with van der Waals surface area (Å²) in [6.45, 7) is 0. The molecular formula is C19H14N4O. The Morgan fingerprint density at radius 2 is 1.67 bits per heavy atom. The van der Waals surface area contributed by atoms with Crippen molar-refractivity contribution in [3.8, 4) is 16.8 Å². The maximum atomic E-state index is 11.2. The Morgan fingerprint density at radius 3 is 2.38 bits per heavy atom. The Hall–Kier alpha value is -3.47. The lowest BCUT2D eigenvalue weighted by molar-refractivity contribution is 0.100. The van der Waals surface area contributed by atoms with E-state index in [9.17, 15) is 4.79 Å². The number of primary amides is 1. The lowest BCUT2D eigenvalue weighted by Gasteiger charge is -2.07. The van der Waals surface area contributed by atoms with E-state index in [1.165, 1.54) is 0 Å². The summed E-state index contributed by atoms with van der Waals surface area (Å²) in [4.78, 5) is 19.7. The van der Waals surface area contributed by atoms with E-state index in [1.807, 2.05) is 41.0 Å². The monoisotopic (exact) mass is 314 g/mol. The van der Waals surface area contributed by atoms with Gasteiger partial charge in [-0.25, -0.2) is 4.98 Å². The molecule has 0 atom stereocenters. The van der Waals surface area contributed by atoms with E-state index in [0.717, 1.165) is 27.8 Å². The van der Waals surface area contributed by atoms with Crippen molar-refractivity contribution >= 4 is 16.9 Å². The standard InChI is InChI=1S/C19H14N4O/c20-19(24)14-1-4-16(5-2-14)23-12-22-17-6-3-15(11-18(17)23)13-7-9-21-10-8-13/h1-12H,(H2,20,24). The topological polar surface area (TPSA) is 73.8 Å². The second-order valence-electron chi connectivity index (χ2n) is 5.47. The fraction of sp³-hybridized carbons (Fsp3) is 0. The van der Waals surface area contributed by atoms with Gasteiger partial charge in [0.25, 0.3) is 0 Å². The number of carbonyl (C=O) groups excluding carboxylic acids is 1. The van der Waals surface area contributed by atoms with Gasteiger partial charge in [0, 0.05) is 23.6 Å². The van der Waals surface area contributed by atoms with Gasteiger partial charge in [0.05, 0.1) is 11.0 Å². The minimum absolute atomic E-state index is 0.433. The van der Waals surface area contributed by atoms with Crippen molar-refractivity contribution in [2.45, 2.75) is 0 Å². The fourth-order valence-corrected chi connectivity index (χ4v) is 2.72. The van der Waals surface area contributed by atoms with E-state index >= 15 is 0 Å². The number of nitrogens with zero attached hydrogens (tertiary/aromatic N) is 3. The molecule has 1 amide bonds. The Bertz CT molecular complexity index is 1020. The van der Waals surface area contributed by atoms with Gasteiger partial charge in [-0.05, 0) is 59.7 Å². The highest BCUT2D eigenvalue weighted by Gasteiger charge is 2.08. The largest absolute Gasteiger partial charge is 0.366 e. The summed E-state index contributed by atoms with van der Waals surface area (Å²) < 4.78 is 1.99. The molecule has 0 saturated carbocycles. The molecule has 0 bridgehead atoms. The zero-order valence-electron chi connectivity index (χ0n) is 12.8. The van der Waals surface area contributed by atoms with Gasteiger partial charge in [-0.1, -0.05) is 6.07 Å². The van der Waals surface area contributed by atoms with Crippen LogP contribution in [0, 0.1) is 0 Å². The van der Waals surface area contributed by atoms with Crippen molar-refractivity contribution in [3.05, 3.63) is 78.9 Å². The van der Waals surface area contributed by atoms with E-state index in [0.29, 0.717) is 5.56 Å². The van der Waals surface area contributed by atoms with Gasteiger partial charge in [-0.15, -0.1) is 0 Å². The molecule has 2 aromatic carbocycles. The zero-order valence-corrected chi connectivity index (χ0v) is 12.8. The number of amides is 1. The Labute approximate surface area is 138 Å². The Kier molecular flexibility index (Phi) is 3.31. The molecular weight excluding hydrogens is 300 g/mol. The fourth-order valence-electron chi connectivity index (χ4n) is 2.72. The number of nitrogens with two attached hydrogens (primary N) is 1. The Balaban J connectivity index is 1.83. The number of carbonyl (C=O) groups is 1. The first-order valence-corrected chi connectivity index (χ1v) is 7.50. The van der Waals surface area contributed by atoms with Crippen LogP contribution in [-0.4, -0.2) is 20.4 Å². The quantitative estimate of drug-likeness (QED) is 0.631. The number of benzene rings is 2. The zero-order chi connectivity index (χ0) is 16.5. The summed E-state index contributed by atoms with van der Waals surface area (Å²) in [6.07, 6.45) is 5.33. The third-order valence-corrected chi connectivity index (χ3v) is 3.99. The maximum Gasteiger partial charge on any atom is 0.248 e. The van der Waals surface area contributed by atoms with E-state index in [2.05, 4.69) is 16.0 Å². The summed E-state index contributed by atoms with van der Waals surface area (Å²) in [6, 6.07) is 17.3. The van der Waals surface area contributed by atoms with Crippen molar-refractivity contribution in [1.29, 1.82) is 0 Å². The second-order valence-corrected chi connectivity index (χ2v) is 5.47. The molecule has 4 rings (SSSR count). The number of aromatic nitrogens is 3. The van der Waals surface area contributed by atoms with Crippen LogP contribution in [0.3, 0.4) is 0 Å². The van der Waals surface area contributed by atoms with E-state index < -0.39 is 5.91 Å². The van der Waals surface area contributed by atoms with Crippen molar-refractivity contribution in [2.75, 3.05) is 0 Å². The first kappa shape index (κ1) is 14.1. The van der Waals surface area contributed by atoms with Gasteiger partial charge in [0.1, 0.15) is 6.33 Å². The molecule has 0 spiro atoms. The molecule has 0 aliphatic carbocycles. The lowest BCUT2D eigenvalue weighted by Crippen LogP contribution is -2.10. The van der Waals surface area contributed by atoms with Gasteiger partial charge in [-0.3, -0.25) is 14.3 Å². The minimum Gasteiger partial charge on any atom is -0.366 e. The second kappa shape index (κ2) is 5.62. The van der Waals surface area contributed by atoms with Crippen molar-refractivity contribution < 1.29 is 4.79 Å². The normalized spacial score (nSPS) is 10.8. The lowest BCUT2D eigenvalue weighted by atomic mass is 10.1. The Morgan fingerprint density at radius 1 is 0.917 bits per heavy atom. The van der Waals surface area contributed by atoms with Crippen LogP contribution in [0.4, 0.5) is 0 Å². The van der Waals surface area contributed by atoms with E-state index in [1.54, 1.807) is 30.9 Å². The summed E-state index contributed by atoms with van der Waals surface area (Å²) in [7, 11) is 0. The number of fused-ring (bicyclic) bond motifs is 1. The molecule has 5 heteroatoms. The van der Waals surface area contributed by atoms with Gasteiger partial charge in [-0.2, -0.15) is 0 Å². The molecule has 24 heavy (non-hydrogen) atoms. The van der Waals surface area contributed by atoms with Crippen LogP contribution in [0.15, 0.2) is 73.3 Å². The van der Waals surface area contributed by atoms with Gasteiger partial charge in [0.15, 0.2) is 0 Å². The number of hydrogen-bond acceptors (Lipinski definition) is 3. The van der Waals surface area contributed by atoms with Crippen LogP contribution in [-0.2, 0) is 0 Å². The number of pyridine rings is 1. The van der Waals surface area contributed by atoms with E-state index in [-0.39, 0.29) is 0 Å². The molecule has 2 N–H and O–H groups in total. The molecule has 0 saturated heterocycles. The molecule has 0 unspecified atom stereocenters. The molecule has 4 aromatic rings. The summed E-state index contributed by atoms with van der Waals surface area (Å²) in [5, 5.41) is 0. The molecule has 0 radical (unpaired) electrons. The van der Waals surface area contributed by atoms with Crippen LogP contribution >= 0.6 is 0 Å². The number of hydrogen-bond donors (Lipinski definition) is 1. The van der Waals surface area contributed by atoms with Crippen LogP contribution in [0.25, 0.3) is 27.8 Å². The summed E-state index contributed by atoms with van der Waals surface area (Å²) in [5.41, 5.74) is 10.8. The van der Waals surface area contributed by atoms with Gasteiger partial charge >= 0.3 is 0 Å². The van der Waals surface area contributed by atoms with Crippen LogP contribution in [0.5, 0.6) is 0 Å². The SMILES string of the molecule is NC(=O)c1ccc(-n2cnc3ccc(-c4ccncc4)cc32)cc1. The highest BCUT2D eigenvalue weighted by Crippen LogP contribution is 2.25. The van der Waals surface area contributed by atoms with Crippen molar-refractivity contribution in [2.24, 2.45) is 5.73 Å². The third-order valence-electron chi connectivity index (χ3n) is 3.99. The van der Waals surface area contributed by atoms with Gasteiger partial charge < -0.3 is 5.73 Å². The minimum atomic E-state index is -0.433. The highest BCUT2D eigenvalue weighted by atomic mass is 16.1. The number of imidazole rings is 1. The predicted molar refractivity (Wildman–Crippen MR) is 92.8 cm³/mol. The molecule has 0 aliphatic heterocycles. The number of rotatable bonds is 3. The first-order chi connectivity index (χ1) is 11.7. The highest BCUT2D eigenvalue weighted by molar-refractivity contribution is 5.93. The smallest absolute Gasteiger partial charge is 0.248 e. The molecule has 0 aliphatic rings. The predicted octanol–water partition coefficient (Wildman–Crippen LogP) is 3.19. The molecule has 116 valence electrons. The van der Waals surface area contributed by atoms with Crippen molar-refractivity contribution in [3.63, 3.8) is 0 Å². The average molecular weight is 314 g/mol. The summed E-state index contributed by atoms with van der Waals surface area (Å²) >= 11 is 0. The van der Waals surface area contributed by atoms with Crippen LogP contribution in [0.1, 0.15) is 10.4 Å². The first-order valence-electron chi connectivity index (χ1n) is 7.50. The summed E-state index contributed by atoms with van der Waals surface area (Å²) in [5.74, 6) is -0.433. The van der Waals surface area contributed by atoms with Crippen LogP contribution in [0.2, 0.25) is 0 Å². The van der Waals surface area contributed by atoms with Crippen molar-refractivity contribution in [1.82, 2.24) is 14.5 Å². The van der Waals surface area contributed by atoms with E-state index in [4.69, 9.17) is 5.73 Å². The van der Waals surface area contributed by atoms with Gasteiger partial charge in [0.2, 0.25) is 5.91 Å². The van der Waals surface area contributed by atoms with Crippen LogP contribution < -0.4 is 5.73 Å². The average Bonchev–Trinajstić information content (AvgIpc) is 3.05. The third kappa shape index (κ3) is 2.42. The maximum absolute atomic E-state index is 11.2. The molecule has 2 heterocycles. The molecule has 2 aromatic heterocycles. The molecule has 0 fully saturated rings.